The SMILES string of the molecule is CCCCCC(=O)OC(=O)C(C)O. The number of unbranched alkanes of at least 4 members (excludes halogenated alkanes) is 2. The van der Waals surface area contributed by atoms with Gasteiger partial charge >= 0.3 is 11.9 Å². The maximum Gasteiger partial charge on any atom is 0.342 e. The fourth-order valence-corrected chi connectivity index (χ4v) is 0.768. The van der Waals surface area contributed by atoms with Crippen molar-refractivity contribution in [3.05, 3.63) is 0 Å². The van der Waals surface area contributed by atoms with E-state index in [9.17, 15) is 9.59 Å². The van der Waals surface area contributed by atoms with Crippen LogP contribution in [0.1, 0.15) is 39.5 Å². The highest BCUT2D eigenvalue weighted by molar-refractivity contribution is 5.87. The minimum Gasteiger partial charge on any atom is -0.391 e. The van der Waals surface area contributed by atoms with Gasteiger partial charge in [0, 0.05) is 6.42 Å². The number of rotatable bonds is 5. The van der Waals surface area contributed by atoms with Gasteiger partial charge in [-0.15, -0.1) is 0 Å². The van der Waals surface area contributed by atoms with E-state index in [1.165, 1.54) is 6.92 Å². The van der Waals surface area contributed by atoms with Crippen LogP contribution in [-0.4, -0.2) is 23.1 Å². The summed E-state index contributed by atoms with van der Waals surface area (Å²) < 4.78 is 4.33. The molecule has 0 aromatic heterocycles. The summed E-state index contributed by atoms with van der Waals surface area (Å²) in [6.45, 7) is 3.29. The predicted octanol–water partition coefficient (Wildman–Crippen LogP) is 1.02. The third kappa shape index (κ3) is 6.28. The lowest BCUT2D eigenvalue weighted by atomic mass is 10.2. The lowest BCUT2D eigenvalue weighted by molar-refractivity contribution is -0.165. The molecule has 0 fully saturated rings. The molecule has 4 nitrogen and oxygen atoms in total. The minimum absolute atomic E-state index is 0.242. The van der Waals surface area contributed by atoms with E-state index in [4.69, 9.17) is 5.11 Å². The van der Waals surface area contributed by atoms with Crippen LogP contribution in [0.3, 0.4) is 0 Å². The van der Waals surface area contributed by atoms with Crippen molar-refractivity contribution in [2.75, 3.05) is 0 Å². The predicted molar refractivity (Wildman–Crippen MR) is 46.9 cm³/mol. The zero-order valence-corrected chi connectivity index (χ0v) is 8.08. The lowest BCUT2D eigenvalue weighted by Gasteiger charge is -2.03. The second-order valence-corrected chi connectivity index (χ2v) is 2.93. The molecule has 76 valence electrons. The molecule has 1 unspecified atom stereocenters. The zero-order chi connectivity index (χ0) is 10.3. The average molecular weight is 188 g/mol. The molecule has 0 amide bonds. The summed E-state index contributed by atoms with van der Waals surface area (Å²) >= 11 is 0. The summed E-state index contributed by atoms with van der Waals surface area (Å²) in [7, 11) is 0. The fraction of sp³-hybridized carbons (Fsp3) is 0.778. The highest BCUT2D eigenvalue weighted by atomic mass is 16.6. The first kappa shape index (κ1) is 12.1. The van der Waals surface area contributed by atoms with E-state index >= 15 is 0 Å². The van der Waals surface area contributed by atoms with Crippen LogP contribution < -0.4 is 0 Å². The van der Waals surface area contributed by atoms with E-state index < -0.39 is 18.0 Å². The molecule has 0 spiro atoms. The first-order valence-corrected chi connectivity index (χ1v) is 4.50. The van der Waals surface area contributed by atoms with Crippen LogP contribution in [0.4, 0.5) is 0 Å². The van der Waals surface area contributed by atoms with Crippen molar-refractivity contribution in [1.82, 2.24) is 0 Å². The molecule has 0 saturated carbocycles. The molecule has 0 aliphatic heterocycles. The van der Waals surface area contributed by atoms with Gasteiger partial charge in [-0.1, -0.05) is 19.8 Å². The first-order valence-electron chi connectivity index (χ1n) is 4.50. The number of hydrogen-bond acceptors (Lipinski definition) is 4. The quantitative estimate of drug-likeness (QED) is 0.397. The van der Waals surface area contributed by atoms with Crippen LogP contribution >= 0.6 is 0 Å². The molecule has 0 saturated heterocycles. The zero-order valence-electron chi connectivity index (χ0n) is 8.08. The summed E-state index contributed by atoms with van der Waals surface area (Å²) in [5.74, 6) is -1.43. The fourth-order valence-electron chi connectivity index (χ4n) is 0.768. The molecule has 0 aromatic carbocycles. The Morgan fingerprint density at radius 1 is 1.38 bits per heavy atom. The van der Waals surface area contributed by atoms with Gasteiger partial charge in [-0.2, -0.15) is 0 Å². The van der Waals surface area contributed by atoms with Crippen molar-refractivity contribution in [3.8, 4) is 0 Å². The first-order chi connectivity index (χ1) is 6.07. The Balaban J connectivity index is 3.56. The number of esters is 2. The van der Waals surface area contributed by atoms with Crippen molar-refractivity contribution < 1.29 is 19.4 Å². The highest BCUT2D eigenvalue weighted by Gasteiger charge is 2.14. The van der Waals surface area contributed by atoms with Crippen LogP contribution in [0.25, 0.3) is 0 Å². The number of hydrogen-bond donors (Lipinski definition) is 1. The van der Waals surface area contributed by atoms with Crippen molar-refractivity contribution >= 4 is 11.9 Å². The van der Waals surface area contributed by atoms with Crippen LogP contribution in [0.5, 0.6) is 0 Å². The molecule has 13 heavy (non-hydrogen) atoms. The topological polar surface area (TPSA) is 63.6 Å². The Labute approximate surface area is 77.9 Å². The van der Waals surface area contributed by atoms with Crippen molar-refractivity contribution in [2.45, 2.75) is 45.6 Å². The number of ether oxygens (including phenoxy) is 1. The smallest absolute Gasteiger partial charge is 0.342 e. The molecule has 0 aliphatic carbocycles. The van der Waals surface area contributed by atoms with Gasteiger partial charge in [0.05, 0.1) is 0 Å². The van der Waals surface area contributed by atoms with E-state index in [2.05, 4.69) is 4.74 Å². The Bertz CT molecular complexity index is 174. The van der Waals surface area contributed by atoms with Crippen LogP contribution in [-0.2, 0) is 14.3 Å². The largest absolute Gasteiger partial charge is 0.391 e. The summed E-state index contributed by atoms with van der Waals surface area (Å²) in [4.78, 5) is 21.6. The van der Waals surface area contributed by atoms with Gasteiger partial charge in [0.15, 0.2) is 0 Å². The molecule has 0 aliphatic rings. The van der Waals surface area contributed by atoms with Crippen LogP contribution in [0.15, 0.2) is 0 Å². The molecular weight excluding hydrogens is 172 g/mol. The normalized spacial score (nSPS) is 12.2. The molecule has 0 radical (unpaired) electrons. The monoisotopic (exact) mass is 188 g/mol. The molecule has 4 heteroatoms. The van der Waals surface area contributed by atoms with Gasteiger partial charge in [0.25, 0.3) is 0 Å². The molecule has 1 atom stereocenters. The minimum atomic E-state index is -1.23. The Morgan fingerprint density at radius 2 is 2.00 bits per heavy atom. The lowest BCUT2D eigenvalue weighted by Crippen LogP contribution is -2.22. The van der Waals surface area contributed by atoms with Crippen molar-refractivity contribution in [3.63, 3.8) is 0 Å². The van der Waals surface area contributed by atoms with Crippen LogP contribution in [0, 0.1) is 0 Å². The third-order valence-electron chi connectivity index (χ3n) is 1.54. The summed E-state index contributed by atoms with van der Waals surface area (Å²) in [5.41, 5.74) is 0. The van der Waals surface area contributed by atoms with Gasteiger partial charge in [0.1, 0.15) is 6.10 Å². The number of aliphatic hydroxyl groups excluding tert-OH is 1. The second kappa shape index (κ2) is 6.60. The third-order valence-corrected chi connectivity index (χ3v) is 1.54. The van der Waals surface area contributed by atoms with Gasteiger partial charge in [0.2, 0.25) is 0 Å². The molecule has 1 N–H and O–H groups in total. The van der Waals surface area contributed by atoms with Crippen LogP contribution in [0.2, 0.25) is 0 Å². The van der Waals surface area contributed by atoms with E-state index in [-0.39, 0.29) is 6.42 Å². The standard InChI is InChI=1S/C9H16O4/c1-3-4-5-6-8(11)13-9(12)7(2)10/h7,10H,3-6H2,1-2H3. The number of carbonyl (C=O) groups excluding carboxylic acids is 2. The van der Waals surface area contributed by atoms with Gasteiger partial charge < -0.3 is 9.84 Å². The average Bonchev–Trinajstić information content (AvgIpc) is 2.04. The van der Waals surface area contributed by atoms with E-state index in [1.54, 1.807) is 0 Å². The van der Waals surface area contributed by atoms with Crippen molar-refractivity contribution in [1.29, 1.82) is 0 Å². The summed E-state index contributed by atoms with van der Waals surface area (Å²) in [6, 6.07) is 0. The van der Waals surface area contributed by atoms with Gasteiger partial charge in [-0.3, -0.25) is 4.79 Å². The Hall–Kier alpha value is -0.900. The van der Waals surface area contributed by atoms with Gasteiger partial charge in [-0.05, 0) is 13.3 Å². The van der Waals surface area contributed by atoms with Gasteiger partial charge in [-0.25, -0.2) is 4.79 Å². The molecule has 0 heterocycles. The summed E-state index contributed by atoms with van der Waals surface area (Å²) in [6.07, 6.45) is 1.69. The maximum absolute atomic E-state index is 10.9. The summed E-state index contributed by atoms with van der Waals surface area (Å²) in [5, 5.41) is 8.71. The Morgan fingerprint density at radius 3 is 2.46 bits per heavy atom. The molecule has 0 bridgehead atoms. The number of carbonyl (C=O) groups is 2. The molecular formula is C9H16O4. The Kier molecular flexibility index (Phi) is 6.14. The number of aliphatic hydroxyl groups is 1. The molecule has 0 aromatic rings. The maximum atomic E-state index is 10.9. The van der Waals surface area contributed by atoms with E-state index in [0.717, 1.165) is 19.3 Å². The van der Waals surface area contributed by atoms with Crippen molar-refractivity contribution in [2.24, 2.45) is 0 Å². The second-order valence-electron chi connectivity index (χ2n) is 2.93. The van der Waals surface area contributed by atoms with E-state index in [0.29, 0.717) is 0 Å². The molecule has 0 rings (SSSR count). The van der Waals surface area contributed by atoms with E-state index in [1.807, 2.05) is 6.92 Å². The highest BCUT2D eigenvalue weighted by Crippen LogP contribution is 2.01.